The molecule has 0 saturated carbocycles. The van der Waals surface area contributed by atoms with E-state index >= 15 is 0 Å². The second-order valence-electron chi connectivity index (χ2n) is 2.94. The van der Waals surface area contributed by atoms with E-state index in [2.05, 4.69) is 0 Å². The van der Waals surface area contributed by atoms with Gasteiger partial charge in [-0.15, -0.1) is 0 Å². The number of hydrogen-bond donors (Lipinski definition) is 2. The van der Waals surface area contributed by atoms with E-state index < -0.39 is 0 Å². The van der Waals surface area contributed by atoms with Gasteiger partial charge in [-0.3, -0.25) is 0 Å². The molecule has 0 aliphatic carbocycles. The van der Waals surface area contributed by atoms with Crippen molar-refractivity contribution in [1.82, 2.24) is 0 Å². The maximum Gasteiger partial charge on any atom is 0.125 e. The summed E-state index contributed by atoms with van der Waals surface area (Å²) in [5, 5.41) is 9.71. The van der Waals surface area contributed by atoms with Crippen molar-refractivity contribution >= 4 is 0 Å². The first-order valence-corrected chi connectivity index (χ1v) is 4.26. The molecule has 0 amide bonds. The first-order chi connectivity index (χ1) is 6.20. The summed E-state index contributed by atoms with van der Waals surface area (Å²) in [6.07, 6.45) is 0.691. The molecule has 1 aromatic rings. The maximum absolute atomic E-state index is 9.71. The van der Waals surface area contributed by atoms with Gasteiger partial charge in [-0.25, -0.2) is 0 Å². The minimum Gasteiger partial charge on any atom is -0.507 e. The molecule has 13 heavy (non-hydrogen) atoms. The van der Waals surface area contributed by atoms with Gasteiger partial charge in [0.15, 0.2) is 0 Å². The normalized spacial score (nSPS) is 10.1. The minimum atomic E-state index is 0.296. The topological polar surface area (TPSA) is 55.5 Å². The van der Waals surface area contributed by atoms with E-state index in [1.54, 1.807) is 7.11 Å². The van der Waals surface area contributed by atoms with Crippen LogP contribution in [0.3, 0.4) is 0 Å². The highest BCUT2D eigenvalue weighted by Crippen LogP contribution is 2.30. The molecule has 0 saturated heterocycles. The maximum atomic E-state index is 9.71. The van der Waals surface area contributed by atoms with Gasteiger partial charge in [0.2, 0.25) is 0 Å². The van der Waals surface area contributed by atoms with Crippen LogP contribution in [-0.4, -0.2) is 18.8 Å². The third kappa shape index (κ3) is 1.92. The second kappa shape index (κ2) is 4.14. The van der Waals surface area contributed by atoms with Crippen LogP contribution in [0.25, 0.3) is 0 Å². The van der Waals surface area contributed by atoms with Crippen LogP contribution in [0.15, 0.2) is 12.1 Å². The molecule has 3 nitrogen and oxygen atoms in total. The molecule has 3 heteroatoms. The van der Waals surface area contributed by atoms with Gasteiger partial charge in [-0.2, -0.15) is 0 Å². The van der Waals surface area contributed by atoms with Gasteiger partial charge in [-0.1, -0.05) is 6.07 Å². The largest absolute Gasteiger partial charge is 0.507 e. The smallest absolute Gasteiger partial charge is 0.125 e. The number of aromatic hydroxyl groups is 1. The summed E-state index contributed by atoms with van der Waals surface area (Å²) < 4.78 is 5.07. The number of methoxy groups -OCH3 is 1. The molecule has 0 fully saturated rings. The predicted molar refractivity (Wildman–Crippen MR) is 52.2 cm³/mol. The van der Waals surface area contributed by atoms with Crippen molar-refractivity contribution < 1.29 is 9.84 Å². The Balaban J connectivity index is 3.07. The zero-order chi connectivity index (χ0) is 9.84. The average Bonchev–Trinajstić information content (AvgIpc) is 2.14. The fraction of sp³-hybridized carbons (Fsp3) is 0.400. The predicted octanol–water partition coefficient (Wildman–Crippen LogP) is 1.21. The van der Waals surface area contributed by atoms with Crippen molar-refractivity contribution in [2.75, 3.05) is 13.7 Å². The van der Waals surface area contributed by atoms with Gasteiger partial charge < -0.3 is 15.6 Å². The molecule has 1 rings (SSSR count). The summed E-state index contributed by atoms with van der Waals surface area (Å²) in [6, 6.07) is 3.69. The zero-order valence-corrected chi connectivity index (χ0v) is 8.00. The first-order valence-electron chi connectivity index (χ1n) is 4.26. The Labute approximate surface area is 78.1 Å². The van der Waals surface area contributed by atoms with E-state index in [1.165, 1.54) is 0 Å². The lowest BCUT2D eigenvalue weighted by atomic mass is 10.1. The average molecular weight is 181 g/mol. The number of nitrogens with two attached hydrogens (primary N) is 1. The zero-order valence-electron chi connectivity index (χ0n) is 8.00. The Morgan fingerprint density at radius 1 is 1.46 bits per heavy atom. The molecule has 3 N–H and O–H groups in total. The fourth-order valence-electron chi connectivity index (χ4n) is 1.32. The molecule has 0 radical (unpaired) electrons. The van der Waals surface area contributed by atoms with Crippen LogP contribution in [0, 0.1) is 6.92 Å². The van der Waals surface area contributed by atoms with Crippen LogP contribution >= 0.6 is 0 Å². The highest BCUT2D eigenvalue weighted by molar-refractivity contribution is 5.48. The molecular weight excluding hydrogens is 166 g/mol. The molecule has 0 aliphatic heterocycles. The Kier molecular flexibility index (Phi) is 3.14. The molecule has 0 unspecified atom stereocenters. The van der Waals surface area contributed by atoms with E-state index in [-0.39, 0.29) is 0 Å². The highest BCUT2D eigenvalue weighted by Gasteiger charge is 2.07. The van der Waals surface area contributed by atoms with Crippen LogP contribution in [0.1, 0.15) is 11.1 Å². The molecule has 0 bridgehead atoms. The molecule has 72 valence electrons. The van der Waals surface area contributed by atoms with E-state index in [4.69, 9.17) is 10.5 Å². The van der Waals surface area contributed by atoms with Crippen LogP contribution < -0.4 is 10.5 Å². The fourth-order valence-corrected chi connectivity index (χ4v) is 1.32. The number of phenolic OH excluding ortho intramolecular Hbond substituents is 1. The lowest BCUT2D eigenvalue weighted by molar-refractivity contribution is 0.401. The minimum absolute atomic E-state index is 0.296. The van der Waals surface area contributed by atoms with Gasteiger partial charge in [0.25, 0.3) is 0 Å². The quantitative estimate of drug-likeness (QED) is 0.737. The van der Waals surface area contributed by atoms with Crippen LogP contribution in [0.4, 0.5) is 0 Å². The number of rotatable bonds is 3. The molecule has 0 heterocycles. The number of hydrogen-bond acceptors (Lipinski definition) is 3. The molecule has 0 atom stereocenters. The second-order valence-corrected chi connectivity index (χ2v) is 2.94. The Bertz CT molecular complexity index is 297. The van der Waals surface area contributed by atoms with E-state index in [0.29, 0.717) is 24.5 Å². The van der Waals surface area contributed by atoms with Gasteiger partial charge in [0.1, 0.15) is 11.5 Å². The van der Waals surface area contributed by atoms with Crippen molar-refractivity contribution in [3.05, 3.63) is 23.3 Å². The molecular formula is C10H15NO2. The summed E-state index contributed by atoms with van der Waals surface area (Å²) in [7, 11) is 1.59. The molecule has 0 spiro atoms. The summed E-state index contributed by atoms with van der Waals surface area (Å²) >= 11 is 0. The highest BCUT2D eigenvalue weighted by atomic mass is 16.5. The summed E-state index contributed by atoms with van der Waals surface area (Å²) in [4.78, 5) is 0. The Hall–Kier alpha value is -1.22. The third-order valence-corrected chi connectivity index (χ3v) is 2.10. The Morgan fingerprint density at radius 2 is 2.15 bits per heavy atom. The van der Waals surface area contributed by atoms with E-state index in [9.17, 15) is 5.11 Å². The van der Waals surface area contributed by atoms with Gasteiger partial charge in [0.05, 0.1) is 7.11 Å². The summed E-state index contributed by atoms with van der Waals surface area (Å²) in [5.74, 6) is 1.00. The van der Waals surface area contributed by atoms with Crippen molar-refractivity contribution in [3.63, 3.8) is 0 Å². The number of benzene rings is 1. The van der Waals surface area contributed by atoms with Gasteiger partial charge in [-0.05, 0) is 31.5 Å². The van der Waals surface area contributed by atoms with Crippen molar-refractivity contribution in [1.29, 1.82) is 0 Å². The van der Waals surface area contributed by atoms with E-state index in [0.717, 1.165) is 11.1 Å². The Morgan fingerprint density at radius 3 is 2.69 bits per heavy atom. The third-order valence-electron chi connectivity index (χ3n) is 2.10. The van der Waals surface area contributed by atoms with Gasteiger partial charge in [0, 0.05) is 5.56 Å². The van der Waals surface area contributed by atoms with Gasteiger partial charge >= 0.3 is 0 Å². The lowest BCUT2D eigenvalue weighted by Gasteiger charge is -2.09. The standard InChI is InChI=1S/C10H15NO2/c1-7-9(13-2)4-3-8(5-6-11)10(7)12/h3-4,12H,5-6,11H2,1-2H3. The molecule has 0 aliphatic rings. The van der Waals surface area contributed by atoms with Crippen LogP contribution in [0.2, 0.25) is 0 Å². The molecule has 0 aromatic heterocycles. The lowest BCUT2D eigenvalue weighted by Crippen LogP contribution is -2.03. The summed E-state index contributed by atoms with van der Waals surface area (Å²) in [5.41, 5.74) is 7.06. The first kappa shape index (κ1) is 9.86. The van der Waals surface area contributed by atoms with Crippen LogP contribution in [-0.2, 0) is 6.42 Å². The van der Waals surface area contributed by atoms with Crippen LogP contribution in [0.5, 0.6) is 11.5 Å². The van der Waals surface area contributed by atoms with Crippen molar-refractivity contribution in [3.8, 4) is 11.5 Å². The monoisotopic (exact) mass is 181 g/mol. The number of ether oxygens (including phenoxy) is 1. The number of phenols is 1. The van der Waals surface area contributed by atoms with E-state index in [1.807, 2.05) is 19.1 Å². The SMILES string of the molecule is COc1ccc(CCN)c(O)c1C. The summed E-state index contributed by atoms with van der Waals surface area (Å²) in [6.45, 7) is 2.37. The van der Waals surface area contributed by atoms with Crippen molar-refractivity contribution in [2.24, 2.45) is 5.73 Å². The van der Waals surface area contributed by atoms with Crippen molar-refractivity contribution in [2.45, 2.75) is 13.3 Å². The molecule has 1 aromatic carbocycles.